The van der Waals surface area contributed by atoms with Crippen molar-refractivity contribution in [1.29, 1.82) is 5.26 Å². The van der Waals surface area contributed by atoms with Crippen LogP contribution in [0.3, 0.4) is 0 Å². The molecule has 0 atom stereocenters. The van der Waals surface area contributed by atoms with Crippen LogP contribution in [0.2, 0.25) is 5.02 Å². The van der Waals surface area contributed by atoms with Gasteiger partial charge < -0.3 is 14.8 Å². The number of rotatable bonds is 5. The molecule has 1 heterocycles. The van der Waals surface area contributed by atoms with E-state index in [1.54, 1.807) is 18.2 Å². The number of ether oxygens (including phenoxy) is 1. The van der Waals surface area contributed by atoms with E-state index in [1.807, 2.05) is 31.2 Å². The van der Waals surface area contributed by atoms with Crippen LogP contribution < -0.4 is 4.74 Å². The number of aromatic nitrogens is 2. The minimum absolute atomic E-state index is 0.107. The van der Waals surface area contributed by atoms with E-state index >= 15 is 0 Å². The maximum absolute atomic E-state index is 9.90. The topological polar surface area (TPSA) is 81.9 Å². The normalized spacial score (nSPS) is 11.5. The molecule has 0 unspecified atom stereocenters. The van der Waals surface area contributed by atoms with Crippen LogP contribution in [0.5, 0.6) is 11.5 Å². The van der Waals surface area contributed by atoms with Crippen LogP contribution in [0, 0.1) is 11.3 Å². The lowest BCUT2D eigenvalue weighted by Crippen LogP contribution is -1.93. The van der Waals surface area contributed by atoms with Gasteiger partial charge in [-0.25, -0.2) is 4.98 Å². The number of aromatic amines is 1. The van der Waals surface area contributed by atoms with Crippen LogP contribution in [0.1, 0.15) is 12.5 Å². The molecule has 2 N–H and O–H groups in total. The maximum atomic E-state index is 9.90. The molecular formula is C18H14ClN3O2S. The van der Waals surface area contributed by atoms with Gasteiger partial charge in [0.15, 0.2) is 16.7 Å². The lowest BCUT2D eigenvalue weighted by Gasteiger charge is -2.08. The zero-order valence-electron chi connectivity index (χ0n) is 13.3. The lowest BCUT2D eigenvalue weighted by atomic mass is 10.2. The van der Waals surface area contributed by atoms with E-state index in [0.29, 0.717) is 22.2 Å². The van der Waals surface area contributed by atoms with Crippen molar-refractivity contribution >= 4 is 40.5 Å². The van der Waals surface area contributed by atoms with Crippen molar-refractivity contribution in [3.63, 3.8) is 0 Å². The van der Waals surface area contributed by atoms with Gasteiger partial charge in [-0.1, -0.05) is 23.7 Å². The third-order valence-corrected chi connectivity index (χ3v) is 4.44. The molecule has 0 aliphatic carbocycles. The second-order valence-corrected chi connectivity index (χ2v) is 6.50. The van der Waals surface area contributed by atoms with Gasteiger partial charge in [-0.2, -0.15) is 5.26 Å². The molecular weight excluding hydrogens is 358 g/mol. The number of nitrogens with one attached hydrogen (secondary N) is 1. The molecule has 1 aromatic heterocycles. The molecule has 0 saturated carbocycles. The van der Waals surface area contributed by atoms with E-state index < -0.39 is 0 Å². The van der Waals surface area contributed by atoms with E-state index in [-0.39, 0.29) is 16.5 Å². The van der Waals surface area contributed by atoms with E-state index in [1.165, 1.54) is 11.8 Å². The Balaban J connectivity index is 1.91. The monoisotopic (exact) mass is 371 g/mol. The number of benzene rings is 2. The maximum Gasteiger partial charge on any atom is 0.176 e. The molecule has 2 aromatic carbocycles. The molecule has 0 fully saturated rings. The fourth-order valence-electron chi connectivity index (χ4n) is 2.26. The van der Waals surface area contributed by atoms with Crippen LogP contribution in [0.15, 0.2) is 46.5 Å². The highest BCUT2D eigenvalue weighted by molar-refractivity contribution is 8.03. The van der Waals surface area contributed by atoms with Gasteiger partial charge in [0, 0.05) is 0 Å². The van der Waals surface area contributed by atoms with Crippen LogP contribution in [0.25, 0.3) is 17.1 Å². The average Bonchev–Trinajstić information content (AvgIpc) is 3.01. The van der Waals surface area contributed by atoms with E-state index in [2.05, 4.69) is 16.0 Å². The van der Waals surface area contributed by atoms with Gasteiger partial charge in [0.2, 0.25) is 0 Å². The number of phenols is 1. The molecule has 3 aromatic rings. The number of imidazole rings is 1. The van der Waals surface area contributed by atoms with Crippen LogP contribution >= 0.6 is 23.4 Å². The number of halogens is 1. The lowest BCUT2D eigenvalue weighted by molar-refractivity contribution is 0.318. The number of aromatic hydroxyl groups is 1. The van der Waals surface area contributed by atoms with E-state index in [9.17, 15) is 10.4 Å². The Labute approximate surface area is 153 Å². The van der Waals surface area contributed by atoms with Crippen molar-refractivity contribution in [3.05, 3.63) is 51.9 Å². The Hall–Kier alpha value is -2.62. The molecule has 7 heteroatoms. The highest BCUT2D eigenvalue weighted by atomic mass is 35.5. The molecule has 126 valence electrons. The number of hydrogen-bond donors (Lipinski definition) is 2. The van der Waals surface area contributed by atoms with Gasteiger partial charge in [0.25, 0.3) is 0 Å². The number of H-pyrrole nitrogens is 1. The van der Waals surface area contributed by atoms with Crippen molar-refractivity contribution in [3.8, 4) is 17.6 Å². The molecule has 5 nitrogen and oxygen atoms in total. The van der Waals surface area contributed by atoms with Crippen LogP contribution in [0.4, 0.5) is 0 Å². The van der Waals surface area contributed by atoms with Crippen molar-refractivity contribution in [1.82, 2.24) is 9.97 Å². The van der Waals surface area contributed by atoms with Crippen molar-refractivity contribution in [2.45, 2.75) is 12.1 Å². The van der Waals surface area contributed by atoms with Crippen molar-refractivity contribution in [2.24, 2.45) is 0 Å². The summed E-state index contributed by atoms with van der Waals surface area (Å²) >= 11 is 7.25. The third kappa shape index (κ3) is 3.90. The average molecular weight is 372 g/mol. The molecule has 0 aliphatic heterocycles. The molecule has 0 spiro atoms. The van der Waals surface area contributed by atoms with Gasteiger partial charge in [0.05, 0.1) is 27.6 Å². The number of thioether (sulfide) groups is 1. The molecule has 25 heavy (non-hydrogen) atoms. The van der Waals surface area contributed by atoms with Gasteiger partial charge in [-0.05, 0) is 54.6 Å². The fraction of sp³-hybridized carbons (Fsp3) is 0.111. The van der Waals surface area contributed by atoms with Gasteiger partial charge in [0.1, 0.15) is 6.07 Å². The van der Waals surface area contributed by atoms with Gasteiger partial charge in [-0.3, -0.25) is 0 Å². The SMILES string of the molecule is CCOc1cc(/C=C(\C#N)Sc2nc3ccccc3[nH]2)cc(Cl)c1O. The number of hydrogen-bond acceptors (Lipinski definition) is 5. The first-order valence-electron chi connectivity index (χ1n) is 7.50. The van der Waals surface area contributed by atoms with E-state index in [4.69, 9.17) is 16.3 Å². The summed E-state index contributed by atoms with van der Waals surface area (Å²) in [6, 6.07) is 13.0. The van der Waals surface area contributed by atoms with Gasteiger partial charge in [-0.15, -0.1) is 0 Å². The molecule has 0 amide bonds. The summed E-state index contributed by atoms with van der Waals surface area (Å²) < 4.78 is 5.36. The number of allylic oxidation sites excluding steroid dienone is 1. The zero-order chi connectivity index (χ0) is 17.8. The standard InChI is InChI=1S/C18H14ClN3O2S/c1-2-24-16-9-11(8-13(19)17(16)23)7-12(10-20)25-18-21-14-5-3-4-6-15(14)22-18/h3-9,23H,2H2,1H3,(H,21,22)/b12-7+. The van der Waals surface area contributed by atoms with Gasteiger partial charge >= 0.3 is 0 Å². The molecule has 0 bridgehead atoms. The van der Waals surface area contributed by atoms with Crippen LogP contribution in [-0.4, -0.2) is 21.7 Å². The first-order valence-corrected chi connectivity index (χ1v) is 8.70. The largest absolute Gasteiger partial charge is 0.503 e. The van der Waals surface area contributed by atoms with Crippen LogP contribution in [-0.2, 0) is 0 Å². The third-order valence-electron chi connectivity index (χ3n) is 3.33. The van der Waals surface area contributed by atoms with Crippen molar-refractivity contribution in [2.75, 3.05) is 6.61 Å². The molecule has 0 aliphatic rings. The first-order chi connectivity index (χ1) is 12.1. The second-order valence-electron chi connectivity index (χ2n) is 5.06. The highest BCUT2D eigenvalue weighted by Gasteiger charge is 2.11. The quantitative estimate of drug-likeness (QED) is 0.488. The predicted octanol–water partition coefficient (Wildman–Crippen LogP) is 4.98. The highest BCUT2D eigenvalue weighted by Crippen LogP contribution is 2.37. The summed E-state index contributed by atoms with van der Waals surface area (Å²) in [4.78, 5) is 8.05. The first kappa shape index (κ1) is 17.2. The smallest absolute Gasteiger partial charge is 0.176 e. The predicted molar refractivity (Wildman–Crippen MR) is 99.8 cm³/mol. The Morgan fingerprint density at radius 3 is 2.96 bits per heavy atom. The summed E-state index contributed by atoms with van der Waals surface area (Å²) in [5.41, 5.74) is 2.41. The Morgan fingerprint density at radius 2 is 2.24 bits per heavy atom. The summed E-state index contributed by atoms with van der Waals surface area (Å²) in [5, 5.41) is 20.1. The molecule has 0 radical (unpaired) electrons. The fourth-order valence-corrected chi connectivity index (χ4v) is 3.23. The number of fused-ring (bicyclic) bond motifs is 1. The second kappa shape index (κ2) is 7.51. The van der Waals surface area contributed by atoms with E-state index in [0.717, 1.165) is 11.0 Å². The van der Waals surface area contributed by atoms with Crippen molar-refractivity contribution < 1.29 is 9.84 Å². The molecule has 0 saturated heterocycles. The summed E-state index contributed by atoms with van der Waals surface area (Å²) in [7, 11) is 0. The minimum Gasteiger partial charge on any atom is -0.503 e. The zero-order valence-corrected chi connectivity index (χ0v) is 14.9. The molecule has 3 rings (SSSR count). The number of nitrogens with zero attached hydrogens (tertiary/aromatic N) is 2. The number of nitriles is 1. The Kier molecular flexibility index (Phi) is 5.17. The number of phenolic OH excluding ortho intramolecular Hbond substituents is 1. The summed E-state index contributed by atoms with van der Waals surface area (Å²) in [6.45, 7) is 2.21. The Morgan fingerprint density at radius 1 is 1.44 bits per heavy atom. The Bertz CT molecular complexity index is 959. The number of para-hydroxylation sites is 2. The minimum atomic E-state index is -0.107. The summed E-state index contributed by atoms with van der Waals surface area (Å²) in [5.74, 6) is 0.177. The summed E-state index contributed by atoms with van der Waals surface area (Å²) in [6.07, 6.45) is 1.67.